The first kappa shape index (κ1) is 23.2. The molecule has 0 radical (unpaired) electrons. The summed E-state index contributed by atoms with van der Waals surface area (Å²) in [6, 6.07) is 15.1. The smallest absolute Gasteiger partial charge is 0.330 e. The summed E-state index contributed by atoms with van der Waals surface area (Å²) in [7, 11) is -3.68. The number of carbonyl (C=O) groups excluding carboxylic acids is 1. The van der Waals surface area contributed by atoms with Gasteiger partial charge >= 0.3 is 5.97 Å². The number of ether oxygens (including phenoxy) is 1. The summed E-state index contributed by atoms with van der Waals surface area (Å²) in [6.07, 6.45) is 2.25. The predicted molar refractivity (Wildman–Crippen MR) is 128 cm³/mol. The van der Waals surface area contributed by atoms with Crippen LogP contribution in [-0.2, 0) is 19.4 Å². The number of esters is 1. The van der Waals surface area contributed by atoms with Crippen molar-refractivity contribution in [1.29, 1.82) is 0 Å². The number of nitrogens with one attached hydrogen (secondary N) is 1. The Labute approximate surface area is 194 Å². The number of pyridine rings is 1. The van der Waals surface area contributed by atoms with Crippen LogP contribution >= 0.6 is 0 Å². The van der Waals surface area contributed by atoms with Crippen molar-refractivity contribution in [2.45, 2.75) is 48.6 Å². The van der Waals surface area contributed by atoms with E-state index < -0.39 is 21.5 Å². The minimum absolute atomic E-state index is 0.138. The molecule has 0 aliphatic carbocycles. The molecule has 1 N–H and O–H groups in total. The molecule has 1 fully saturated rings. The van der Waals surface area contributed by atoms with Gasteiger partial charge in [0.15, 0.2) is 0 Å². The third kappa shape index (κ3) is 5.02. The fraction of sp³-hybridized carbons (Fsp3) is 0.360. The molecule has 0 amide bonds. The topological polar surface area (TPSA) is 88.6 Å². The third-order valence-corrected chi connectivity index (χ3v) is 7.22. The molecule has 1 aliphatic rings. The second-order valence-electron chi connectivity index (χ2n) is 9.14. The monoisotopic (exact) mass is 467 g/mol. The minimum Gasteiger partial charge on any atom is -0.458 e. The summed E-state index contributed by atoms with van der Waals surface area (Å²) in [4.78, 5) is 20.0. The van der Waals surface area contributed by atoms with E-state index >= 15 is 0 Å². The molecule has 33 heavy (non-hydrogen) atoms. The zero-order valence-electron chi connectivity index (χ0n) is 19.1. The van der Waals surface area contributed by atoms with Gasteiger partial charge in [-0.3, -0.25) is 4.98 Å². The normalized spacial score (nSPS) is 17.5. The van der Waals surface area contributed by atoms with Gasteiger partial charge in [-0.25, -0.2) is 13.2 Å². The quantitative estimate of drug-likeness (QED) is 0.587. The maximum atomic E-state index is 13.1. The van der Waals surface area contributed by atoms with Crippen molar-refractivity contribution in [2.75, 3.05) is 24.5 Å². The molecule has 2 aromatic carbocycles. The van der Waals surface area contributed by atoms with Gasteiger partial charge in [-0.2, -0.15) is 0 Å². The highest BCUT2D eigenvalue weighted by molar-refractivity contribution is 7.91. The standard InChI is InChI=1S/C25H29N3O4S/c1-25(2,3)32-24(29)22-17-26-13-8-14-28(22)21-12-7-9-18-15-20(16-27-23(18)21)33(30,31)19-10-5-4-6-11-19/h4-7,9-12,15-16,22,26H,8,13-14,17H2,1-3H3. The fourth-order valence-electron chi connectivity index (χ4n) is 3.99. The lowest BCUT2D eigenvalue weighted by atomic mass is 10.1. The molecule has 0 saturated carbocycles. The Bertz CT molecular complexity index is 1250. The number of hydrogen-bond donors (Lipinski definition) is 1. The van der Waals surface area contributed by atoms with Crippen LogP contribution in [0.15, 0.2) is 70.6 Å². The van der Waals surface area contributed by atoms with E-state index in [1.165, 1.54) is 6.20 Å². The Morgan fingerprint density at radius 3 is 2.58 bits per heavy atom. The van der Waals surface area contributed by atoms with Gasteiger partial charge in [-0.1, -0.05) is 30.3 Å². The minimum atomic E-state index is -3.68. The Hall–Kier alpha value is -2.97. The van der Waals surface area contributed by atoms with Crippen LogP contribution in [0.4, 0.5) is 5.69 Å². The van der Waals surface area contributed by atoms with Gasteiger partial charge in [0.05, 0.1) is 21.0 Å². The van der Waals surface area contributed by atoms with Gasteiger partial charge in [-0.05, 0) is 58.0 Å². The van der Waals surface area contributed by atoms with Crippen LogP contribution in [-0.4, -0.2) is 50.6 Å². The molecule has 174 valence electrons. The molecule has 1 atom stereocenters. The van der Waals surface area contributed by atoms with Crippen LogP contribution in [0, 0.1) is 0 Å². The van der Waals surface area contributed by atoms with Crippen LogP contribution in [0.5, 0.6) is 0 Å². The molecule has 1 unspecified atom stereocenters. The Morgan fingerprint density at radius 2 is 1.85 bits per heavy atom. The van der Waals surface area contributed by atoms with Crippen molar-refractivity contribution >= 4 is 32.4 Å². The van der Waals surface area contributed by atoms with Crippen molar-refractivity contribution in [3.05, 3.63) is 60.8 Å². The Morgan fingerprint density at radius 1 is 1.09 bits per heavy atom. The Balaban J connectivity index is 1.75. The lowest BCUT2D eigenvalue weighted by Crippen LogP contribution is -2.48. The van der Waals surface area contributed by atoms with E-state index in [1.54, 1.807) is 36.4 Å². The molecule has 1 aliphatic heterocycles. The molecule has 8 heteroatoms. The number of rotatable bonds is 4. The highest BCUT2D eigenvalue weighted by Gasteiger charge is 2.32. The molecule has 4 rings (SSSR count). The van der Waals surface area contributed by atoms with E-state index in [2.05, 4.69) is 10.3 Å². The molecule has 7 nitrogen and oxygen atoms in total. The van der Waals surface area contributed by atoms with Crippen LogP contribution in [0.25, 0.3) is 10.9 Å². The van der Waals surface area contributed by atoms with Gasteiger partial charge in [-0.15, -0.1) is 0 Å². The van der Waals surface area contributed by atoms with Crippen LogP contribution in [0.1, 0.15) is 27.2 Å². The van der Waals surface area contributed by atoms with Gasteiger partial charge in [0.1, 0.15) is 11.6 Å². The van der Waals surface area contributed by atoms with Crippen molar-refractivity contribution in [1.82, 2.24) is 10.3 Å². The molecule has 3 aromatic rings. The second kappa shape index (κ2) is 9.11. The zero-order valence-corrected chi connectivity index (χ0v) is 19.9. The average molecular weight is 468 g/mol. The summed E-state index contributed by atoms with van der Waals surface area (Å²) in [6.45, 7) is 7.48. The van der Waals surface area contributed by atoms with Crippen molar-refractivity contribution < 1.29 is 17.9 Å². The highest BCUT2D eigenvalue weighted by atomic mass is 32.2. The number of anilines is 1. The molecule has 0 bridgehead atoms. The van der Waals surface area contributed by atoms with E-state index in [-0.39, 0.29) is 15.8 Å². The second-order valence-corrected chi connectivity index (χ2v) is 11.1. The predicted octanol–water partition coefficient (Wildman–Crippen LogP) is 3.58. The lowest BCUT2D eigenvalue weighted by Gasteiger charge is -2.33. The number of carbonyl (C=O) groups is 1. The van der Waals surface area contributed by atoms with E-state index in [0.29, 0.717) is 24.0 Å². The summed E-state index contributed by atoms with van der Waals surface area (Å²) in [5.41, 5.74) is 0.850. The molecule has 1 aromatic heterocycles. The summed E-state index contributed by atoms with van der Waals surface area (Å²) >= 11 is 0. The van der Waals surface area contributed by atoms with Gasteiger partial charge < -0.3 is 15.0 Å². The number of fused-ring (bicyclic) bond motifs is 1. The zero-order chi connectivity index (χ0) is 23.6. The number of hydrogen-bond acceptors (Lipinski definition) is 7. The van der Waals surface area contributed by atoms with Gasteiger partial charge in [0.25, 0.3) is 0 Å². The highest BCUT2D eigenvalue weighted by Crippen LogP contribution is 2.31. The molecule has 1 saturated heterocycles. The maximum absolute atomic E-state index is 13.1. The fourth-order valence-corrected chi connectivity index (χ4v) is 5.25. The molecule has 0 spiro atoms. The Kier molecular flexibility index (Phi) is 6.41. The number of nitrogens with zero attached hydrogens (tertiary/aromatic N) is 2. The largest absolute Gasteiger partial charge is 0.458 e. The summed E-state index contributed by atoms with van der Waals surface area (Å²) in [5.74, 6) is -0.294. The van der Waals surface area contributed by atoms with E-state index in [0.717, 1.165) is 18.7 Å². The van der Waals surface area contributed by atoms with Gasteiger partial charge in [0.2, 0.25) is 9.84 Å². The number of aromatic nitrogens is 1. The average Bonchev–Trinajstić information content (AvgIpc) is 3.04. The summed E-state index contributed by atoms with van der Waals surface area (Å²) < 4.78 is 31.8. The van der Waals surface area contributed by atoms with Gasteiger partial charge in [0, 0.05) is 24.7 Å². The van der Waals surface area contributed by atoms with E-state index in [9.17, 15) is 13.2 Å². The van der Waals surface area contributed by atoms with E-state index in [1.807, 2.05) is 43.9 Å². The SMILES string of the molecule is CC(C)(C)OC(=O)C1CNCCCN1c1cccc2cc(S(=O)(=O)c3ccccc3)cnc12. The first-order chi connectivity index (χ1) is 15.7. The van der Waals surface area contributed by atoms with Crippen molar-refractivity contribution in [2.24, 2.45) is 0 Å². The number of sulfone groups is 1. The van der Waals surface area contributed by atoms with Crippen LogP contribution < -0.4 is 10.2 Å². The molecular formula is C25H29N3O4S. The van der Waals surface area contributed by atoms with Crippen molar-refractivity contribution in [3.8, 4) is 0 Å². The van der Waals surface area contributed by atoms with Crippen LogP contribution in [0.2, 0.25) is 0 Å². The molecule has 2 heterocycles. The number of para-hydroxylation sites is 1. The lowest BCUT2D eigenvalue weighted by molar-refractivity contribution is -0.156. The number of benzene rings is 2. The summed E-state index contributed by atoms with van der Waals surface area (Å²) in [5, 5.41) is 4.02. The third-order valence-electron chi connectivity index (χ3n) is 5.48. The van der Waals surface area contributed by atoms with Crippen LogP contribution in [0.3, 0.4) is 0 Å². The molecular weight excluding hydrogens is 438 g/mol. The first-order valence-electron chi connectivity index (χ1n) is 11.1. The maximum Gasteiger partial charge on any atom is 0.330 e. The first-order valence-corrected chi connectivity index (χ1v) is 12.5. The van der Waals surface area contributed by atoms with Crippen molar-refractivity contribution in [3.63, 3.8) is 0 Å². The van der Waals surface area contributed by atoms with E-state index in [4.69, 9.17) is 4.74 Å².